The van der Waals surface area contributed by atoms with Crippen LogP contribution in [0.5, 0.6) is 0 Å². The van der Waals surface area contributed by atoms with Crippen molar-refractivity contribution in [3.8, 4) is 11.4 Å². The number of allylic oxidation sites excluding steroid dienone is 1. The number of methoxy groups -OCH3 is 1. The van der Waals surface area contributed by atoms with E-state index in [4.69, 9.17) is 0 Å². The molecule has 0 aliphatic rings. The van der Waals surface area contributed by atoms with Gasteiger partial charge in [-0.15, -0.1) is 16.8 Å². The van der Waals surface area contributed by atoms with Crippen LogP contribution in [0.2, 0.25) is 0 Å². The van der Waals surface area contributed by atoms with Crippen molar-refractivity contribution in [3.05, 3.63) is 42.7 Å². The highest BCUT2D eigenvalue weighted by molar-refractivity contribution is 7.99. The van der Waals surface area contributed by atoms with Gasteiger partial charge in [-0.2, -0.15) is 0 Å². The molecule has 1 heterocycles. The molecule has 0 spiro atoms. The fraction of sp³-hybridized carbons (Fsp3) is 0.250. The lowest BCUT2D eigenvalue weighted by atomic mass is 10.2. The lowest BCUT2D eigenvalue weighted by Crippen LogP contribution is -2.31. The molecule has 0 unspecified atom stereocenters. The zero-order valence-electron chi connectivity index (χ0n) is 13.6. The third-order valence-corrected chi connectivity index (χ3v) is 4.09. The Balaban J connectivity index is 2.08. The highest BCUT2D eigenvalue weighted by Gasteiger charge is 2.15. The van der Waals surface area contributed by atoms with Gasteiger partial charge in [0.1, 0.15) is 12.4 Å². The van der Waals surface area contributed by atoms with Crippen molar-refractivity contribution >= 4 is 23.6 Å². The van der Waals surface area contributed by atoms with Crippen LogP contribution in [0.25, 0.3) is 11.4 Å². The van der Waals surface area contributed by atoms with Gasteiger partial charge in [-0.05, 0) is 24.3 Å². The minimum atomic E-state index is -0.522. The van der Waals surface area contributed by atoms with E-state index in [2.05, 4.69) is 26.8 Å². The van der Waals surface area contributed by atoms with E-state index in [0.29, 0.717) is 23.1 Å². The summed E-state index contributed by atoms with van der Waals surface area (Å²) in [5.41, 5.74) is 0.706. The van der Waals surface area contributed by atoms with E-state index in [1.807, 2.05) is 0 Å². The number of benzene rings is 1. The number of aromatic nitrogens is 3. The van der Waals surface area contributed by atoms with Crippen LogP contribution in [0.3, 0.4) is 0 Å². The second kappa shape index (κ2) is 8.97. The van der Waals surface area contributed by atoms with Crippen LogP contribution in [-0.4, -0.2) is 46.0 Å². The Morgan fingerprint density at radius 2 is 2.08 bits per heavy atom. The number of esters is 1. The van der Waals surface area contributed by atoms with Crippen molar-refractivity contribution in [1.82, 2.24) is 20.1 Å². The van der Waals surface area contributed by atoms with E-state index in [-0.39, 0.29) is 24.0 Å². The number of hydrogen-bond acceptors (Lipinski definition) is 6. The maximum absolute atomic E-state index is 13.1. The average Bonchev–Trinajstić information content (AvgIpc) is 3.01. The molecule has 0 bridgehead atoms. The van der Waals surface area contributed by atoms with Gasteiger partial charge in [-0.25, -0.2) is 4.39 Å². The molecule has 2 aromatic rings. The summed E-state index contributed by atoms with van der Waals surface area (Å²) in [7, 11) is 1.25. The molecule has 1 aromatic carbocycles. The standard InChI is InChI=1S/C16H17FN4O3S/c1-3-8-21-15(11-4-6-12(17)7-5-11)19-20-16(21)25-10-13(22)18-9-14(23)24-2/h3-7H,1,8-10H2,2H3,(H,18,22). The number of thioether (sulfide) groups is 1. The van der Waals surface area contributed by atoms with Crippen molar-refractivity contribution in [1.29, 1.82) is 0 Å². The first kappa shape index (κ1) is 18.7. The molecule has 25 heavy (non-hydrogen) atoms. The van der Waals surface area contributed by atoms with E-state index < -0.39 is 5.97 Å². The number of carbonyl (C=O) groups is 2. The van der Waals surface area contributed by atoms with E-state index in [1.54, 1.807) is 22.8 Å². The third-order valence-electron chi connectivity index (χ3n) is 3.12. The Morgan fingerprint density at radius 1 is 1.36 bits per heavy atom. The molecule has 0 saturated carbocycles. The molecule has 0 fully saturated rings. The molecular weight excluding hydrogens is 347 g/mol. The number of carbonyl (C=O) groups excluding carboxylic acids is 2. The van der Waals surface area contributed by atoms with Gasteiger partial charge < -0.3 is 10.1 Å². The number of rotatable bonds is 8. The quantitative estimate of drug-likeness (QED) is 0.435. The van der Waals surface area contributed by atoms with Gasteiger partial charge in [0.2, 0.25) is 5.91 Å². The Kier molecular flexibility index (Phi) is 6.70. The van der Waals surface area contributed by atoms with Gasteiger partial charge in [0, 0.05) is 12.1 Å². The molecule has 1 amide bonds. The van der Waals surface area contributed by atoms with Gasteiger partial charge in [0.05, 0.1) is 12.9 Å². The zero-order valence-corrected chi connectivity index (χ0v) is 14.4. The van der Waals surface area contributed by atoms with Gasteiger partial charge in [-0.1, -0.05) is 17.8 Å². The van der Waals surface area contributed by atoms with Crippen LogP contribution < -0.4 is 5.32 Å². The van der Waals surface area contributed by atoms with Crippen LogP contribution in [0.15, 0.2) is 42.1 Å². The number of amides is 1. The van der Waals surface area contributed by atoms with Gasteiger partial charge in [0.25, 0.3) is 0 Å². The minimum Gasteiger partial charge on any atom is -0.468 e. The van der Waals surface area contributed by atoms with E-state index in [0.717, 1.165) is 0 Å². The predicted molar refractivity (Wildman–Crippen MR) is 91.4 cm³/mol. The smallest absolute Gasteiger partial charge is 0.325 e. The summed E-state index contributed by atoms with van der Waals surface area (Å²) in [6.45, 7) is 3.95. The fourth-order valence-corrected chi connectivity index (χ4v) is 2.70. The maximum Gasteiger partial charge on any atom is 0.325 e. The van der Waals surface area contributed by atoms with Crippen LogP contribution in [0.1, 0.15) is 0 Å². The summed E-state index contributed by atoms with van der Waals surface area (Å²) < 4.78 is 19.3. The van der Waals surface area contributed by atoms with Gasteiger partial charge in [-0.3, -0.25) is 14.2 Å². The van der Waals surface area contributed by atoms with Crippen molar-refractivity contribution in [2.24, 2.45) is 0 Å². The fourth-order valence-electron chi connectivity index (χ4n) is 1.93. The molecule has 0 atom stereocenters. The first-order valence-corrected chi connectivity index (χ1v) is 8.30. The van der Waals surface area contributed by atoms with Crippen LogP contribution >= 0.6 is 11.8 Å². The van der Waals surface area contributed by atoms with Crippen molar-refractivity contribution in [2.45, 2.75) is 11.7 Å². The Bertz CT molecular complexity index is 761. The topological polar surface area (TPSA) is 86.1 Å². The normalized spacial score (nSPS) is 10.3. The summed E-state index contributed by atoms with van der Waals surface area (Å²) >= 11 is 1.18. The first-order chi connectivity index (χ1) is 12.0. The summed E-state index contributed by atoms with van der Waals surface area (Å²) in [5, 5.41) is 11.2. The molecule has 0 radical (unpaired) electrons. The van der Waals surface area contributed by atoms with Crippen molar-refractivity contribution in [3.63, 3.8) is 0 Å². The number of ether oxygens (including phenoxy) is 1. The summed E-state index contributed by atoms with van der Waals surface area (Å²) in [6, 6.07) is 5.90. The zero-order chi connectivity index (χ0) is 18.2. The van der Waals surface area contributed by atoms with Crippen molar-refractivity contribution < 1.29 is 18.7 Å². The number of halogens is 1. The van der Waals surface area contributed by atoms with Crippen LogP contribution in [0.4, 0.5) is 4.39 Å². The summed E-state index contributed by atoms with van der Waals surface area (Å²) in [5.74, 6) is -0.568. The second-order valence-electron chi connectivity index (χ2n) is 4.85. The van der Waals surface area contributed by atoms with Crippen molar-refractivity contribution in [2.75, 3.05) is 19.4 Å². The predicted octanol–water partition coefficient (Wildman–Crippen LogP) is 1.65. The SMILES string of the molecule is C=CCn1c(SCC(=O)NCC(=O)OC)nnc1-c1ccc(F)cc1. The highest BCUT2D eigenvalue weighted by atomic mass is 32.2. The molecule has 2 rings (SSSR count). The molecular formula is C16H17FN4O3S. The molecule has 0 aliphatic heterocycles. The Morgan fingerprint density at radius 3 is 2.72 bits per heavy atom. The summed E-state index contributed by atoms with van der Waals surface area (Å²) in [4.78, 5) is 22.8. The largest absolute Gasteiger partial charge is 0.468 e. The molecule has 132 valence electrons. The Hall–Kier alpha value is -2.68. The molecule has 1 aromatic heterocycles. The molecule has 0 saturated heterocycles. The lowest BCUT2D eigenvalue weighted by Gasteiger charge is -2.08. The van der Waals surface area contributed by atoms with Gasteiger partial charge in [0.15, 0.2) is 11.0 Å². The molecule has 9 heteroatoms. The number of hydrogen-bond donors (Lipinski definition) is 1. The second-order valence-corrected chi connectivity index (χ2v) is 5.80. The first-order valence-electron chi connectivity index (χ1n) is 7.31. The number of nitrogens with one attached hydrogen (secondary N) is 1. The van der Waals surface area contributed by atoms with Gasteiger partial charge >= 0.3 is 5.97 Å². The van der Waals surface area contributed by atoms with Crippen LogP contribution in [-0.2, 0) is 20.9 Å². The van der Waals surface area contributed by atoms with E-state index in [1.165, 1.54) is 31.0 Å². The highest BCUT2D eigenvalue weighted by Crippen LogP contribution is 2.24. The number of nitrogens with zero attached hydrogens (tertiary/aromatic N) is 3. The minimum absolute atomic E-state index is 0.0652. The van der Waals surface area contributed by atoms with E-state index >= 15 is 0 Å². The molecule has 1 N–H and O–H groups in total. The maximum atomic E-state index is 13.1. The lowest BCUT2D eigenvalue weighted by molar-refractivity contribution is -0.140. The van der Waals surface area contributed by atoms with E-state index in [9.17, 15) is 14.0 Å². The monoisotopic (exact) mass is 364 g/mol. The summed E-state index contributed by atoms with van der Waals surface area (Å²) in [6.07, 6.45) is 1.68. The average molecular weight is 364 g/mol. The van der Waals surface area contributed by atoms with Crippen LogP contribution in [0, 0.1) is 5.82 Å². The molecule has 7 nitrogen and oxygen atoms in total. The third kappa shape index (κ3) is 5.15. The Labute approximate surface area is 148 Å². The molecule has 0 aliphatic carbocycles.